The van der Waals surface area contributed by atoms with Crippen molar-refractivity contribution in [1.82, 2.24) is 0 Å². The molecule has 0 unspecified atom stereocenters. The average molecular weight is 251 g/mol. The number of nitrogens with zero attached hydrogens (tertiary/aromatic N) is 1. The smallest absolute Gasteiger partial charge is 0.106 e. The molecular weight excluding hydrogens is 234 g/mol. The van der Waals surface area contributed by atoms with Gasteiger partial charge < -0.3 is 4.84 Å². The van der Waals surface area contributed by atoms with Crippen molar-refractivity contribution < 1.29 is 4.84 Å². The molecule has 0 amide bonds. The van der Waals surface area contributed by atoms with Crippen molar-refractivity contribution in [3.63, 3.8) is 0 Å². The molecule has 2 nitrogen and oxygen atoms in total. The molecule has 1 aliphatic rings. The van der Waals surface area contributed by atoms with Crippen molar-refractivity contribution in [3.8, 4) is 11.1 Å². The lowest BCUT2D eigenvalue weighted by Gasteiger charge is -2.20. The van der Waals surface area contributed by atoms with Gasteiger partial charge in [-0.3, -0.25) is 0 Å². The quantitative estimate of drug-likeness (QED) is 0.738. The Bertz CT molecular complexity index is 602. The summed E-state index contributed by atoms with van der Waals surface area (Å²) < 4.78 is 0. The highest BCUT2D eigenvalue weighted by Crippen LogP contribution is 2.31. The molecule has 0 fully saturated rings. The van der Waals surface area contributed by atoms with E-state index in [1.807, 2.05) is 6.07 Å². The molecule has 19 heavy (non-hydrogen) atoms. The zero-order valence-corrected chi connectivity index (χ0v) is 11.1. The van der Waals surface area contributed by atoms with E-state index in [0.29, 0.717) is 0 Å². The van der Waals surface area contributed by atoms with E-state index in [0.717, 1.165) is 25.0 Å². The Morgan fingerprint density at radius 3 is 2.58 bits per heavy atom. The van der Waals surface area contributed by atoms with Gasteiger partial charge in [0.05, 0.1) is 5.71 Å². The first-order chi connectivity index (χ1) is 9.40. The highest BCUT2D eigenvalue weighted by molar-refractivity contribution is 6.07. The summed E-state index contributed by atoms with van der Waals surface area (Å²) in [6.45, 7) is 0. The Balaban J connectivity index is 2.19. The molecule has 2 aromatic rings. The third-order valence-electron chi connectivity index (χ3n) is 3.59. The van der Waals surface area contributed by atoms with Crippen molar-refractivity contribution in [2.75, 3.05) is 7.11 Å². The summed E-state index contributed by atoms with van der Waals surface area (Å²) in [5, 5.41) is 4.23. The van der Waals surface area contributed by atoms with Crippen molar-refractivity contribution in [3.05, 3.63) is 59.7 Å². The van der Waals surface area contributed by atoms with Gasteiger partial charge in [0.25, 0.3) is 0 Å². The lowest BCUT2D eigenvalue weighted by molar-refractivity contribution is 0.212. The molecule has 0 spiro atoms. The monoisotopic (exact) mass is 251 g/mol. The zero-order chi connectivity index (χ0) is 13.1. The molecule has 3 rings (SSSR count). The van der Waals surface area contributed by atoms with Gasteiger partial charge in [0.1, 0.15) is 7.11 Å². The molecule has 0 saturated carbocycles. The zero-order valence-electron chi connectivity index (χ0n) is 11.1. The average Bonchev–Trinajstić information content (AvgIpc) is 2.48. The molecule has 0 saturated heterocycles. The Labute approximate surface area is 113 Å². The molecular formula is C17H17NO. The lowest BCUT2D eigenvalue weighted by Crippen LogP contribution is -2.13. The van der Waals surface area contributed by atoms with E-state index < -0.39 is 0 Å². The van der Waals surface area contributed by atoms with Crippen LogP contribution in [-0.2, 0) is 11.3 Å². The van der Waals surface area contributed by atoms with E-state index in [1.165, 1.54) is 22.3 Å². The van der Waals surface area contributed by atoms with Crippen LogP contribution in [0.5, 0.6) is 0 Å². The van der Waals surface area contributed by atoms with E-state index in [1.54, 1.807) is 7.11 Å². The van der Waals surface area contributed by atoms with Crippen LogP contribution < -0.4 is 0 Å². The van der Waals surface area contributed by atoms with Gasteiger partial charge in [-0.25, -0.2) is 0 Å². The van der Waals surface area contributed by atoms with Gasteiger partial charge in [0.2, 0.25) is 0 Å². The maximum Gasteiger partial charge on any atom is 0.106 e. The van der Waals surface area contributed by atoms with Crippen molar-refractivity contribution in [1.29, 1.82) is 0 Å². The van der Waals surface area contributed by atoms with Crippen molar-refractivity contribution in [2.45, 2.75) is 19.3 Å². The van der Waals surface area contributed by atoms with Crippen LogP contribution in [-0.4, -0.2) is 12.8 Å². The molecule has 1 aliphatic carbocycles. The van der Waals surface area contributed by atoms with Gasteiger partial charge in [-0.1, -0.05) is 53.7 Å². The van der Waals surface area contributed by atoms with Gasteiger partial charge in [-0.05, 0) is 36.0 Å². The molecule has 0 aromatic heterocycles. The summed E-state index contributed by atoms with van der Waals surface area (Å²) in [5.41, 5.74) is 6.21. The molecule has 0 N–H and O–H groups in total. The first-order valence-electron chi connectivity index (χ1n) is 6.68. The van der Waals surface area contributed by atoms with E-state index in [9.17, 15) is 0 Å². The fraction of sp³-hybridized carbons (Fsp3) is 0.235. The first-order valence-corrected chi connectivity index (χ1v) is 6.68. The van der Waals surface area contributed by atoms with Crippen LogP contribution in [0.1, 0.15) is 24.0 Å². The lowest BCUT2D eigenvalue weighted by atomic mass is 9.84. The van der Waals surface area contributed by atoms with Gasteiger partial charge >= 0.3 is 0 Å². The third kappa shape index (κ3) is 2.26. The summed E-state index contributed by atoms with van der Waals surface area (Å²) >= 11 is 0. The van der Waals surface area contributed by atoms with Gasteiger partial charge in [0.15, 0.2) is 0 Å². The molecule has 2 aromatic carbocycles. The summed E-state index contributed by atoms with van der Waals surface area (Å²) in [6.07, 6.45) is 3.26. The summed E-state index contributed by atoms with van der Waals surface area (Å²) in [5.74, 6) is 0. The minimum absolute atomic E-state index is 0.991. The highest BCUT2D eigenvalue weighted by Gasteiger charge is 2.20. The van der Waals surface area contributed by atoms with Crippen LogP contribution in [0.25, 0.3) is 11.1 Å². The predicted octanol–water partition coefficient (Wildman–Crippen LogP) is 4.04. The van der Waals surface area contributed by atoms with E-state index in [-0.39, 0.29) is 0 Å². The van der Waals surface area contributed by atoms with E-state index in [2.05, 4.69) is 47.6 Å². The molecule has 0 atom stereocenters. The second-order valence-corrected chi connectivity index (χ2v) is 4.78. The van der Waals surface area contributed by atoms with Crippen LogP contribution in [0.4, 0.5) is 0 Å². The normalized spacial score (nSPS) is 16.2. The maximum atomic E-state index is 5.02. The molecule has 96 valence electrons. The second kappa shape index (κ2) is 5.27. The topological polar surface area (TPSA) is 21.6 Å². The molecule has 0 aliphatic heterocycles. The Morgan fingerprint density at radius 1 is 0.947 bits per heavy atom. The van der Waals surface area contributed by atoms with E-state index in [4.69, 9.17) is 4.84 Å². The molecule has 2 heteroatoms. The number of oxime groups is 1. The van der Waals surface area contributed by atoms with Crippen molar-refractivity contribution in [2.24, 2.45) is 5.16 Å². The number of hydrogen-bond acceptors (Lipinski definition) is 2. The fourth-order valence-electron chi connectivity index (χ4n) is 2.78. The molecule has 0 radical (unpaired) electrons. The van der Waals surface area contributed by atoms with Gasteiger partial charge in [-0.2, -0.15) is 0 Å². The van der Waals surface area contributed by atoms with Crippen LogP contribution in [0.3, 0.4) is 0 Å². The highest BCUT2D eigenvalue weighted by atomic mass is 16.6. The van der Waals surface area contributed by atoms with Gasteiger partial charge in [0, 0.05) is 5.56 Å². The number of aryl methyl sites for hydroxylation is 1. The maximum absolute atomic E-state index is 5.02. The fourth-order valence-corrected chi connectivity index (χ4v) is 2.78. The van der Waals surface area contributed by atoms with Crippen LogP contribution >= 0.6 is 0 Å². The second-order valence-electron chi connectivity index (χ2n) is 4.78. The minimum atomic E-state index is 0.991. The standard InChI is InChI=1S/C17H17NO/c1-19-18-16-12-6-10-14-9-5-11-15(17(14)16)13-7-3-2-4-8-13/h2-5,7-9,11H,6,10,12H2,1H3/b18-16+. The summed E-state index contributed by atoms with van der Waals surface area (Å²) in [7, 11) is 1.62. The Kier molecular flexibility index (Phi) is 3.32. The Morgan fingerprint density at radius 2 is 1.79 bits per heavy atom. The van der Waals surface area contributed by atoms with Gasteiger partial charge in [-0.15, -0.1) is 0 Å². The Hall–Kier alpha value is -2.09. The van der Waals surface area contributed by atoms with Crippen LogP contribution in [0.2, 0.25) is 0 Å². The number of hydrogen-bond donors (Lipinski definition) is 0. The SMILES string of the molecule is CO/N=C1\CCCc2cccc(-c3ccccc3)c21. The first kappa shape index (κ1) is 12.0. The summed E-state index contributed by atoms with van der Waals surface area (Å²) in [4.78, 5) is 5.02. The molecule has 0 heterocycles. The van der Waals surface area contributed by atoms with Crippen molar-refractivity contribution >= 4 is 5.71 Å². The minimum Gasteiger partial charge on any atom is -0.399 e. The summed E-state index contributed by atoms with van der Waals surface area (Å²) in [6, 6.07) is 17.0. The van der Waals surface area contributed by atoms with E-state index >= 15 is 0 Å². The predicted molar refractivity (Wildman–Crippen MR) is 78.4 cm³/mol. The van der Waals surface area contributed by atoms with Crippen LogP contribution in [0.15, 0.2) is 53.7 Å². The number of rotatable bonds is 2. The third-order valence-corrected chi connectivity index (χ3v) is 3.59. The van der Waals surface area contributed by atoms with Crippen LogP contribution in [0, 0.1) is 0 Å². The number of benzene rings is 2. The molecule has 0 bridgehead atoms. The number of fused-ring (bicyclic) bond motifs is 1. The largest absolute Gasteiger partial charge is 0.399 e.